The molecular weight excluding hydrogens is 449 g/mol. The number of halogens is 3. The number of carbonyl (C=O) groups is 1. The molecule has 4 rings (SSSR count). The average Bonchev–Trinajstić information content (AvgIpc) is 3.23. The topological polar surface area (TPSA) is 89.3 Å². The molecule has 0 fully saturated rings. The fourth-order valence-electron chi connectivity index (χ4n) is 3.40. The molecule has 0 saturated carbocycles. The number of benzene rings is 2. The Bertz CT molecular complexity index is 1270. The Morgan fingerprint density at radius 3 is 2.44 bits per heavy atom. The molecule has 0 aliphatic carbocycles. The van der Waals surface area contributed by atoms with Gasteiger partial charge < -0.3 is 19.7 Å². The van der Waals surface area contributed by atoms with Crippen molar-refractivity contribution in [3.8, 4) is 11.6 Å². The average molecular weight is 470 g/mol. The van der Waals surface area contributed by atoms with Gasteiger partial charge in [0.05, 0.1) is 17.4 Å². The molecule has 0 bridgehead atoms. The largest absolute Gasteiger partial charge is 0.438 e. The summed E-state index contributed by atoms with van der Waals surface area (Å²) in [5.41, 5.74) is 0.942. The van der Waals surface area contributed by atoms with Gasteiger partial charge in [0.2, 0.25) is 11.8 Å². The summed E-state index contributed by atoms with van der Waals surface area (Å²) in [6.45, 7) is 0.707. The number of amides is 1. The maximum absolute atomic E-state index is 12.7. The second-order valence-corrected chi connectivity index (χ2v) is 7.55. The second kappa shape index (κ2) is 9.92. The number of hydrogen-bond donors (Lipinski definition) is 2. The first-order valence-corrected chi connectivity index (χ1v) is 10.5. The highest BCUT2D eigenvalue weighted by molar-refractivity contribution is 5.92. The molecule has 4 aromatic rings. The molecule has 0 aliphatic rings. The van der Waals surface area contributed by atoms with Crippen molar-refractivity contribution in [2.75, 3.05) is 11.9 Å². The van der Waals surface area contributed by atoms with E-state index >= 15 is 0 Å². The number of aliphatic hydroxyl groups excluding tert-OH is 1. The van der Waals surface area contributed by atoms with Gasteiger partial charge in [0, 0.05) is 25.0 Å². The van der Waals surface area contributed by atoms with Gasteiger partial charge in [-0.1, -0.05) is 12.1 Å². The van der Waals surface area contributed by atoms with Crippen LogP contribution in [0.25, 0.3) is 11.0 Å². The number of ether oxygens (including phenoxy) is 1. The van der Waals surface area contributed by atoms with Gasteiger partial charge in [-0.2, -0.15) is 13.2 Å². The number of aryl methyl sites for hydroxylation is 1. The molecule has 2 aromatic carbocycles. The van der Waals surface area contributed by atoms with Crippen LogP contribution in [-0.2, 0) is 23.9 Å². The Morgan fingerprint density at radius 2 is 1.76 bits per heavy atom. The van der Waals surface area contributed by atoms with E-state index in [9.17, 15) is 18.0 Å². The monoisotopic (exact) mass is 470 g/mol. The fraction of sp³-hybridized carbons (Fsp3) is 0.208. The molecule has 1 amide bonds. The predicted molar refractivity (Wildman–Crippen MR) is 120 cm³/mol. The minimum atomic E-state index is -4.41. The summed E-state index contributed by atoms with van der Waals surface area (Å²) < 4.78 is 45.8. The van der Waals surface area contributed by atoms with E-state index in [1.54, 1.807) is 24.3 Å². The normalized spacial score (nSPS) is 11.5. The van der Waals surface area contributed by atoms with Gasteiger partial charge in [0.25, 0.3) is 0 Å². The van der Waals surface area contributed by atoms with Gasteiger partial charge in [-0.15, -0.1) is 0 Å². The highest BCUT2D eigenvalue weighted by Gasteiger charge is 2.29. The number of aliphatic hydroxyl groups is 1. The first kappa shape index (κ1) is 23.2. The number of fused-ring (bicyclic) bond motifs is 1. The molecule has 10 heteroatoms. The first-order valence-electron chi connectivity index (χ1n) is 10.5. The lowest BCUT2D eigenvalue weighted by molar-refractivity contribution is -0.137. The second-order valence-electron chi connectivity index (χ2n) is 7.55. The minimum absolute atomic E-state index is 0.0530. The number of nitrogens with zero attached hydrogens (tertiary/aromatic N) is 3. The Morgan fingerprint density at radius 1 is 1.03 bits per heavy atom. The van der Waals surface area contributed by atoms with E-state index in [2.05, 4.69) is 15.3 Å². The molecule has 0 aliphatic heterocycles. The van der Waals surface area contributed by atoms with E-state index in [0.29, 0.717) is 41.5 Å². The van der Waals surface area contributed by atoms with Crippen LogP contribution >= 0.6 is 0 Å². The van der Waals surface area contributed by atoms with Gasteiger partial charge >= 0.3 is 6.18 Å². The molecule has 2 aromatic heterocycles. The van der Waals surface area contributed by atoms with Crippen LogP contribution in [0, 0.1) is 0 Å². The molecule has 2 N–H and O–H groups in total. The lowest BCUT2D eigenvalue weighted by Crippen LogP contribution is -2.14. The molecule has 2 heterocycles. The number of anilines is 1. The quantitative estimate of drug-likeness (QED) is 0.386. The van der Waals surface area contributed by atoms with Crippen LogP contribution in [0.2, 0.25) is 0 Å². The van der Waals surface area contributed by atoms with Gasteiger partial charge in [-0.05, 0) is 54.4 Å². The third-order valence-corrected chi connectivity index (χ3v) is 5.08. The number of carbonyl (C=O) groups excluding carboxylic acids is 1. The van der Waals surface area contributed by atoms with Gasteiger partial charge in [0.15, 0.2) is 0 Å². The number of rotatable bonds is 8. The Kier molecular flexibility index (Phi) is 6.78. The molecule has 7 nitrogen and oxygen atoms in total. The van der Waals surface area contributed by atoms with E-state index in [4.69, 9.17) is 9.84 Å². The van der Waals surface area contributed by atoms with Gasteiger partial charge in [-0.25, -0.2) is 9.97 Å². The maximum atomic E-state index is 12.7. The molecule has 0 unspecified atom stereocenters. The van der Waals surface area contributed by atoms with Crippen molar-refractivity contribution in [3.63, 3.8) is 0 Å². The maximum Gasteiger partial charge on any atom is 0.416 e. The van der Waals surface area contributed by atoms with Crippen molar-refractivity contribution in [1.29, 1.82) is 0 Å². The predicted octanol–water partition coefficient (Wildman–Crippen LogP) is 4.81. The van der Waals surface area contributed by atoms with Crippen molar-refractivity contribution in [1.82, 2.24) is 14.5 Å². The smallest absolute Gasteiger partial charge is 0.416 e. The fourth-order valence-corrected chi connectivity index (χ4v) is 3.40. The zero-order valence-corrected chi connectivity index (χ0v) is 17.9. The van der Waals surface area contributed by atoms with Crippen molar-refractivity contribution >= 4 is 22.6 Å². The zero-order chi connectivity index (χ0) is 24.1. The van der Waals surface area contributed by atoms with Crippen molar-refractivity contribution in [3.05, 3.63) is 78.2 Å². The standard InChI is InChI=1S/C24H21F3N4O3/c25-24(26,27)17-4-2-16(3-5-17)14-21(33)30-18-6-8-19(9-7-18)34-23-20-10-12-31(11-1-13-32)22(20)28-15-29-23/h2-10,12,15,32H,1,11,13-14H2,(H,30,33). The molecule has 0 spiro atoms. The summed E-state index contributed by atoms with van der Waals surface area (Å²) in [7, 11) is 0. The van der Waals surface area contributed by atoms with Crippen LogP contribution in [0.3, 0.4) is 0 Å². The number of hydrogen-bond acceptors (Lipinski definition) is 5. The third-order valence-electron chi connectivity index (χ3n) is 5.08. The summed E-state index contributed by atoms with van der Waals surface area (Å²) in [4.78, 5) is 20.7. The van der Waals surface area contributed by atoms with Crippen LogP contribution in [0.5, 0.6) is 11.6 Å². The Hall–Kier alpha value is -3.92. The van der Waals surface area contributed by atoms with E-state index < -0.39 is 11.7 Å². The van der Waals surface area contributed by atoms with Crippen molar-refractivity contribution < 1.29 is 27.8 Å². The van der Waals surface area contributed by atoms with E-state index in [-0.39, 0.29) is 18.9 Å². The van der Waals surface area contributed by atoms with Crippen LogP contribution in [0.4, 0.5) is 18.9 Å². The van der Waals surface area contributed by atoms with Crippen LogP contribution in [-0.4, -0.2) is 32.2 Å². The molecule has 0 atom stereocenters. The summed E-state index contributed by atoms with van der Waals surface area (Å²) in [5.74, 6) is 0.533. The SMILES string of the molecule is O=C(Cc1ccc(C(F)(F)F)cc1)Nc1ccc(Oc2ncnc3c2ccn3CCCO)cc1. The van der Waals surface area contributed by atoms with E-state index in [1.165, 1.54) is 18.5 Å². The van der Waals surface area contributed by atoms with Crippen LogP contribution in [0.15, 0.2) is 67.1 Å². The number of nitrogens with one attached hydrogen (secondary N) is 1. The summed E-state index contributed by atoms with van der Waals surface area (Å²) in [6, 6.07) is 13.0. The van der Waals surface area contributed by atoms with E-state index in [1.807, 2.05) is 16.8 Å². The minimum Gasteiger partial charge on any atom is -0.438 e. The van der Waals surface area contributed by atoms with Crippen molar-refractivity contribution in [2.24, 2.45) is 0 Å². The lowest BCUT2D eigenvalue weighted by Gasteiger charge is -2.09. The first-order chi connectivity index (χ1) is 16.3. The Balaban J connectivity index is 1.38. The summed E-state index contributed by atoms with van der Waals surface area (Å²) in [5, 5.41) is 12.5. The van der Waals surface area contributed by atoms with Gasteiger partial charge in [0.1, 0.15) is 17.7 Å². The lowest BCUT2D eigenvalue weighted by atomic mass is 10.1. The van der Waals surface area contributed by atoms with Gasteiger partial charge in [-0.3, -0.25) is 4.79 Å². The van der Waals surface area contributed by atoms with E-state index in [0.717, 1.165) is 17.5 Å². The highest BCUT2D eigenvalue weighted by atomic mass is 19.4. The number of alkyl halides is 3. The Labute approximate surface area is 192 Å². The van der Waals surface area contributed by atoms with Crippen LogP contribution < -0.4 is 10.1 Å². The molecule has 34 heavy (non-hydrogen) atoms. The molecule has 176 valence electrons. The molecular formula is C24H21F3N4O3. The number of aromatic nitrogens is 3. The highest BCUT2D eigenvalue weighted by Crippen LogP contribution is 2.30. The third kappa shape index (κ3) is 5.52. The van der Waals surface area contributed by atoms with Crippen LogP contribution in [0.1, 0.15) is 17.5 Å². The zero-order valence-electron chi connectivity index (χ0n) is 17.9. The summed E-state index contributed by atoms with van der Waals surface area (Å²) in [6.07, 6.45) is -0.593. The molecule has 0 radical (unpaired) electrons. The summed E-state index contributed by atoms with van der Waals surface area (Å²) >= 11 is 0. The van der Waals surface area contributed by atoms with Crippen molar-refractivity contribution in [2.45, 2.75) is 25.6 Å². The molecule has 0 saturated heterocycles.